The second kappa shape index (κ2) is 11.5. The Labute approximate surface area is 167 Å². The Hall–Kier alpha value is -2.37. The zero-order valence-electron chi connectivity index (χ0n) is 16.9. The van der Waals surface area contributed by atoms with Crippen molar-refractivity contribution in [2.75, 3.05) is 6.61 Å². The normalized spacial score (nSPS) is 23.6. The van der Waals surface area contributed by atoms with Gasteiger partial charge >= 0.3 is 5.97 Å². The lowest BCUT2D eigenvalue weighted by molar-refractivity contribution is -0.150. The van der Waals surface area contributed by atoms with Crippen molar-refractivity contribution in [2.24, 2.45) is 5.92 Å². The molecule has 1 heterocycles. The highest BCUT2D eigenvalue weighted by Gasteiger charge is 2.27. The van der Waals surface area contributed by atoms with Gasteiger partial charge in [-0.2, -0.15) is 0 Å². The van der Waals surface area contributed by atoms with Crippen molar-refractivity contribution in [2.45, 2.75) is 70.9 Å². The summed E-state index contributed by atoms with van der Waals surface area (Å²) < 4.78 is 5.51. The largest absolute Gasteiger partial charge is 0.462 e. The molecule has 28 heavy (non-hydrogen) atoms. The molecule has 1 fully saturated rings. The molecular weight excluding hydrogens is 356 g/mol. The minimum Gasteiger partial charge on any atom is -0.462 e. The first-order valence-electron chi connectivity index (χ1n) is 10.3. The fourth-order valence-electron chi connectivity index (χ4n) is 3.27. The van der Waals surface area contributed by atoms with E-state index in [9.17, 15) is 14.4 Å². The Morgan fingerprint density at radius 3 is 2.04 bits per heavy atom. The summed E-state index contributed by atoms with van der Waals surface area (Å²) in [6.45, 7) is 3.79. The summed E-state index contributed by atoms with van der Waals surface area (Å²) in [5.41, 5.74) is 0.884. The van der Waals surface area contributed by atoms with Gasteiger partial charge in [0.2, 0.25) is 11.8 Å². The van der Waals surface area contributed by atoms with Crippen LogP contribution < -0.4 is 10.6 Å². The SMILES string of the molecule is CC(C)[C@@H]1NC(=O)CCCCCCCC(=O)N[C@@H](c2ccccc2)COC1=O. The number of nitrogens with one attached hydrogen (secondary N) is 2. The smallest absolute Gasteiger partial charge is 0.328 e. The van der Waals surface area contributed by atoms with Crippen molar-refractivity contribution in [3.63, 3.8) is 0 Å². The van der Waals surface area contributed by atoms with Gasteiger partial charge in [0, 0.05) is 12.8 Å². The summed E-state index contributed by atoms with van der Waals surface area (Å²) in [7, 11) is 0. The van der Waals surface area contributed by atoms with Crippen LogP contribution in [-0.4, -0.2) is 30.4 Å². The minimum atomic E-state index is -0.687. The van der Waals surface area contributed by atoms with Crippen LogP contribution in [-0.2, 0) is 19.1 Å². The van der Waals surface area contributed by atoms with E-state index in [0.29, 0.717) is 12.8 Å². The lowest BCUT2D eigenvalue weighted by atomic mass is 10.0. The lowest BCUT2D eigenvalue weighted by Gasteiger charge is -2.24. The molecule has 0 aromatic heterocycles. The molecule has 1 aliphatic rings. The van der Waals surface area contributed by atoms with Gasteiger partial charge in [0.15, 0.2) is 0 Å². The van der Waals surface area contributed by atoms with E-state index in [0.717, 1.165) is 37.7 Å². The molecule has 2 amide bonds. The molecule has 2 rings (SSSR count). The maximum Gasteiger partial charge on any atom is 0.328 e. The molecule has 2 N–H and O–H groups in total. The zero-order valence-corrected chi connectivity index (χ0v) is 16.9. The third kappa shape index (κ3) is 7.33. The number of carbonyl (C=O) groups excluding carboxylic acids is 3. The monoisotopic (exact) mass is 388 g/mol. The Morgan fingerprint density at radius 2 is 1.43 bits per heavy atom. The first kappa shape index (κ1) is 21.9. The van der Waals surface area contributed by atoms with Gasteiger partial charge in [-0.3, -0.25) is 9.59 Å². The highest BCUT2D eigenvalue weighted by Crippen LogP contribution is 2.16. The van der Waals surface area contributed by atoms with E-state index in [4.69, 9.17) is 4.74 Å². The molecule has 1 aliphatic heterocycles. The molecular formula is C22H32N2O4. The molecule has 0 unspecified atom stereocenters. The number of hydrogen-bond donors (Lipinski definition) is 2. The van der Waals surface area contributed by atoms with E-state index >= 15 is 0 Å². The van der Waals surface area contributed by atoms with Crippen LogP contribution in [0.1, 0.15) is 70.4 Å². The first-order chi connectivity index (χ1) is 13.5. The lowest BCUT2D eigenvalue weighted by Crippen LogP contribution is -2.46. The number of benzene rings is 1. The third-order valence-electron chi connectivity index (χ3n) is 4.97. The van der Waals surface area contributed by atoms with Crippen LogP contribution in [0.3, 0.4) is 0 Å². The summed E-state index contributed by atoms with van der Waals surface area (Å²) in [5, 5.41) is 5.80. The zero-order chi connectivity index (χ0) is 20.4. The van der Waals surface area contributed by atoms with Crippen molar-refractivity contribution in [1.82, 2.24) is 10.6 Å². The molecule has 2 atom stereocenters. The maximum atomic E-state index is 12.6. The van der Waals surface area contributed by atoms with Gasteiger partial charge in [0.1, 0.15) is 12.6 Å². The van der Waals surface area contributed by atoms with Gasteiger partial charge in [-0.15, -0.1) is 0 Å². The second-order valence-electron chi connectivity index (χ2n) is 7.72. The van der Waals surface area contributed by atoms with Gasteiger partial charge in [-0.1, -0.05) is 63.4 Å². The van der Waals surface area contributed by atoms with Crippen LogP contribution in [0.15, 0.2) is 30.3 Å². The number of cyclic esters (lactones) is 1. The van der Waals surface area contributed by atoms with Gasteiger partial charge in [-0.05, 0) is 24.3 Å². The molecule has 1 saturated heterocycles. The van der Waals surface area contributed by atoms with Crippen LogP contribution in [0.4, 0.5) is 0 Å². The van der Waals surface area contributed by atoms with Crippen molar-refractivity contribution >= 4 is 17.8 Å². The minimum absolute atomic E-state index is 0.0354. The molecule has 1 aromatic carbocycles. The van der Waals surface area contributed by atoms with Crippen LogP contribution in [0, 0.1) is 5.92 Å². The quantitative estimate of drug-likeness (QED) is 0.762. The molecule has 0 bridgehead atoms. The molecule has 154 valence electrons. The molecule has 6 heteroatoms. The van der Waals surface area contributed by atoms with E-state index in [1.54, 1.807) is 0 Å². The second-order valence-corrected chi connectivity index (χ2v) is 7.72. The highest BCUT2D eigenvalue weighted by atomic mass is 16.5. The van der Waals surface area contributed by atoms with Crippen molar-refractivity contribution in [1.29, 1.82) is 0 Å². The van der Waals surface area contributed by atoms with E-state index in [2.05, 4.69) is 10.6 Å². The fraction of sp³-hybridized carbons (Fsp3) is 0.591. The van der Waals surface area contributed by atoms with Gasteiger partial charge in [-0.25, -0.2) is 4.79 Å². The molecule has 6 nitrogen and oxygen atoms in total. The summed E-state index contributed by atoms with van der Waals surface area (Å²) in [4.78, 5) is 37.1. The summed E-state index contributed by atoms with van der Waals surface area (Å²) in [5.74, 6) is -0.702. The third-order valence-corrected chi connectivity index (χ3v) is 4.97. The standard InChI is InChI=1S/C22H32N2O4/c1-16(2)21-22(27)28-15-18(17-11-7-6-8-12-17)23-19(25)13-9-4-3-5-10-14-20(26)24-21/h6-8,11-12,16,18,21H,3-5,9-10,13-15H2,1-2H3,(H,23,25)(H,24,26)/t18-,21+/m1/s1. The Balaban J connectivity index is 2.13. The highest BCUT2D eigenvalue weighted by molar-refractivity contribution is 5.84. The Morgan fingerprint density at radius 1 is 0.857 bits per heavy atom. The maximum absolute atomic E-state index is 12.6. The molecule has 0 saturated carbocycles. The van der Waals surface area contributed by atoms with E-state index in [-0.39, 0.29) is 24.3 Å². The summed E-state index contributed by atoms with van der Waals surface area (Å²) >= 11 is 0. The van der Waals surface area contributed by atoms with Crippen LogP contribution in [0.5, 0.6) is 0 Å². The van der Waals surface area contributed by atoms with Gasteiger partial charge in [0.25, 0.3) is 0 Å². The molecule has 0 aliphatic carbocycles. The van der Waals surface area contributed by atoms with Crippen molar-refractivity contribution < 1.29 is 19.1 Å². The number of carbonyl (C=O) groups is 3. The number of rotatable bonds is 2. The van der Waals surface area contributed by atoms with Crippen molar-refractivity contribution in [3.05, 3.63) is 35.9 Å². The molecule has 1 aromatic rings. The average Bonchev–Trinajstić information content (AvgIpc) is 2.68. The number of esters is 1. The van der Waals surface area contributed by atoms with E-state index in [1.165, 1.54) is 0 Å². The average molecular weight is 389 g/mol. The topological polar surface area (TPSA) is 84.5 Å². The number of ether oxygens (including phenoxy) is 1. The van der Waals surface area contributed by atoms with Crippen LogP contribution in [0.2, 0.25) is 0 Å². The number of hydrogen-bond acceptors (Lipinski definition) is 4. The summed E-state index contributed by atoms with van der Waals surface area (Å²) in [6.07, 6.45) is 5.37. The van der Waals surface area contributed by atoms with Crippen LogP contribution in [0.25, 0.3) is 0 Å². The predicted molar refractivity (Wildman–Crippen MR) is 107 cm³/mol. The number of amides is 2. The molecule has 0 spiro atoms. The predicted octanol–water partition coefficient (Wildman–Crippen LogP) is 3.27. The van der Waals surface area contributed by atoms with Crippen LogP contribution >= 0.6 is 0 Å². The van der Waals surface area contributed by atoms with E-state index in [1.807, 2.05) is 44.2 Å². The van der Waals surface area contributed by atoms with Gasteiger partial charge in [0.05, 0.1) is 6.04 Å². The Bertz CT molecular complexity index is 645. The molecule has 0 radical (unpaired) electrons. The van der Waals surface area contributed by atoms with Crippen molar-refractivity contribution in [3.8, 4) is 0 Å². The first-order valence-corrected chi connectivity index (χ1v) is 10.3. The van der Waals surface area contributed by atoms with Gasteiger partial charge < -0.3 is 15.4 Å². The van der Waals surface area contributed by atoms with E-state index < -0.39 is 18.1 Å². The fourth-order valence-corrected chi connectivity index (χ4v) is 3.27. The Kier molecular flexibility index (Phi) is 8.98. The summed E-state index contributed by atoms with van der Waals surface area (Å²) in [6, 6.07) is 8.38.